The van der Waals surface area contributed by atoms with Crippen LogP contribution < -0.4 is 25.1 Å². The van der Waals surface area contributed by atoms with Crippen molar-refractivity contribution in [1.29, 1.82) is 0 Å². The Morgan fingerprint density at radius 1 is 0.934 bits per heavy atom. The van der Waals surface area contributed by atoms with E-state index in [4.69, 9.17) is 18.9 Å². The summed E-state index contributed by atoms with van der Waals surface area (Å²) in [5.41, 5.74) is 1.49. The Morgan fingerprint density at radius 3 is 2.43 bits per heavy atom. The highest BCUT2D eigenvalue weighted by Crippen LogP contribution is 2.48. The molecular weight excluding hydrogens is 783 g/mol. The van der Waals surface area contributed by atoms with Crippen LogP contribution in [0.15, 0.2) is 47.3 Å². The lowest BCUT2D eigenvalue weighted by atomic mass is 9.83. The molecule has 61 heavy (non-hydrogen) atoms. The predicted octanol–water partition coefficient (Wildman–Crippen LogP) is 6.61. The van der Waals surface area contributed by atoms with E-state index in [1.165, 1.54) is 27.4 Å². The Morgan fingerprint density at radius 2 is 1.69 bits per heavy atom. The zero-order chi connectivity index (χ0) is 43.6. The number of amides is 2. The van der Waals surface area contributed by atoms with Crippen molar-refractivity contribution < 1.29 is 48.3 Å². The van der Waals surface area contributed by atoms with Crippen molar-refractivity contribution in [3.8, 4) is 28.7 Å². The van der Waals surface area contributed by atoms with Gasteiger partial charge in [0.15, 0.2) is 11.5 Å². The number of unbranched alkanes of at least 4 members (excludes halogenated alkanes) is 2. The van der Waals surface area contributed by atoms with Crippen LogP contribution in [-0.2, 0) is 25.7 Å². The number of benzene rings is 2. The van der Waals surface area contributed by atoms with Crippen LogP contribution in [-0.4, -0.2) is 90.3 Å². The molecule has 2 amide bonds. The van der Waals surface area contributed by atoms with Crippen LogP contribution in [0.25, 0.3) is 6.08 Å². The lowest BCUT2D eigenvalue weighted by Gasteiger charge is -2.42. The molecule has 3 N–H and O–H groups in total. The van der Waals surface area contributed by atoms with Gasteiger partial charge in [-0.3, -0.25) is 19.2 Å². The van der Waals surface area contributed by atoms with Gasteiger partial charge in [-0.1, -0.05) is 24.6 Å². The topological polar surface area (TPSA) is 183 Å². The number of piperidine rings is 1. The number of allylic oxidation sites excluding steroid dienone is 1. The molecule has 0 aliphatic carbocycles. The van der Waals surface area contributed by atoms with Gasteiger partial charge in [-0.2, -0.15) is 0 Å². The van der Waals surface area contributed by atoms with Gasteiger partial charge in [0.25, 0.3) is 5.56 Å². The molecule has 3 aliphatic heterocycles. The Hall–Kier alpha value is -5.79. The van der Waals surface area contributed by atoms with E-state index in [2.05, 4.69) is 5.32 Å². The normalized spacial score (nSPS) is 19.7. The quantitative estimate of drug-likeness (QED) is 0.124. The molecule has 1 fully saturated rings. The molecule has 14 heteroatoms. The number of carbonyl (C=O) groups is 4. The van der Waals surface area contributed by atoms with Gasteiger partial charge in [-0.25, -0.2) is 4.79 Å². The van der Waals surface area contributed by atoms with E-state index in [0.717, 1.165) is 12.1 Å². The zero-order valence-corrected chi connectivity index (χ0v) is 35.7. The monoisotopic (exact) mass is 841 g/mol. The number of aromatic nitrogens is 1. The molecule has 14 nitrogen and oxygen atoms in total. The standard InChI is InChI=1S/C47H59N3O11/c1-29-13-11-16-34(51)15-8-5-7-14-31-22-37(52)44(45(56)43(31)47(57)61-29)35(32-23-38(58-2)46(60-4)39(24-32)59-3)25-40(53)48-20-10-6-9-18-41(54)49-26-30-21-33(28-49)36-17-12-19-42(55)50(36)27-30/h7,12,14,17,19,22-24,29-30,33,35,52,56H,5-6,8-11,13,15-16,18,20-21,25-28H2,1-4H3,(H,48,53)/t29-,30?,33?,35?/m0/s1. The first kappa shape index (κ1) is 44.8. The maximum atomic E-state index is 13.8. The van der Waals surface area contributed by atoms with E-state index in [-0.39, 0.29) is 75.4 Å². The molecule has 2 bridgehead atoms. The van der Waals surface area contributed by atoms with Crippen LogP contribution >= 0.6 is 0 Å². The molecule has 328 valence electrons. The Bertz CT molecular complexity index is 2150. The summed E-state index contributed by atoms with van der Waals surface area (Å²) in [4.78, 5) is 67.5. The summed E-state index contributed by atoms with van der Waals surface area (Å²) < 4.78 is 24.4. The van der Waals surface area contributed by atoms with Crippen molar-refractivity contribution in [3.63, 3.8) is 0 Å². The number of carbonyl (C=O) groups excluding carboxylic acids is 4. The Labute approximate surface area is 356 Å². The second kappa shape index (κ2) is 20.7. The lowest BCUT2D eigenvalue weighted by molar-refractivity contribution is -0.134. The van der Waals surface area contributed by atoms with Crippen molar-refractivity contribution in [2.45, 2.75) is 108 Å². The van der Waals surface area contributed by atoms with Crippen LogP contribution in [0, 0.1) is 5.92 Å². The molecule has 0 spiro atoms. The molecule has 4 heterocycles. The second-order valence-corrected chi connectivity index (χ2v) is 16.4. The van der Waals surface area contributed by atoms with Crippen molar-refractivity contribution >= 4 is 29.6 Å². The molecule has 2 aromatic carbocycles. The molecule has 0 radical (unpaired) electrons. The number of ether oxygens (including phenoxy) is 4. The van der Waals surface area contributed by atoms with E-state index in [1.54, 1.807) is 43.3 Å². The summed E-state index contributed by atoms with van der Waals surface area (Å²) in [6.07, 6.45) is 8.98. The third-order valence-corrected chi connectivity index (χ3v) is 12.1. The second-order valence-electron chi connectivity index (χ2n) is 16.4. The number of hydrogen-bond donors (Lipinski definition) is 3. The summed E-state index contributed by atoms with van der Waals surface area (Å²) in [5.74, 6) is -1.49. The lowest BCUT2D eigenvalue weighted by Crippen LogP contribution is -2.49. The highest BCUT2D eigenvalue weighted by atomic mass is 16.5. The molecule has 3 aromatic rings. The minimum Gasteiger partial charge on any atom is -0.507 e. The summed E-state index contributed by atoms with van der Waals surface area (Å²) >= 11 is 0. The highest BCUT2D eigenvalue weighted by Gasteiger charge is 2.36. The van der Waals surface area contributed by atoms with Crippen molar-refractivity contribution in [1.82, 2.24) is 14.8 Å². The van der Waals surface area contributed by atoms with Crippen LogP contribution in [0.4, 0.5) is 0 Å². The number of methoxy groups -OCH3 is 3. The number of phenolic OH excluding ortho intramolecular Hbond substituents is 2. The first-order valence-corrected chi connectivity index (χ1v) is 21.4. The number of nitrogens with zero attached hydrogens (tertiary/aromatic N) is 2. The summed E-state index contributed by atoms with van der Waals surface area (Å²) in [7, 11) is 4.37. The first-order chi connectivity index (χ1) is 29.4. The number of cyclic esters (lactones) is 1. The maximum Gasteiger partial charge on any atom is 0.342 e. The SMILES string of the molecule is COc1cc(C(CC(=O)NCCCCCC(=O)N2CC3CC(C2)c2cccc(=O)n2C3)c2c(O)cc3c(c2O)C(=O)O[C@@H](C)CCCC(=O)CCCC=C3)cc(OC)c1OC. The third kappa shape index (κ3) is 10.8. The Balaban J connectivity index is 1.17. The van der Waals surface area contributed by atoms with Crippen LogP contribution in [0.1, 0.15) is 129 Å². The number of ketones is 1. The fraction of sp³-hybridized carbons (Fsp3) is 0.511. The van der Waals surface area contributed by atoms with Crippen molar-refractivity contribution in [2.75, 3.05) is 41.0 Å². The van der Waals surface area contributed by atoms with E-state index in [9.17, 15) is 34.2 Å². The largest absolute Gasteiger partial charge is 0.507 e. The number of likely N-dealkylation sites (tertiary alicyclic amines) is 1. The number of Topliss-reactive ketones (excluding diaryl/α,β-unsaturated/α-hetero) is 1. The minimum absolute atomic E-state index is 0.0129. The average molecular weight is 842 g/mol. The molecular formula is C47H59N3O11. The molecule has 3 aliphatic rings. The number of nitrogens with one attached hydrogen (secondary N) is 1. The van der Waals surface area contributed by atoms with E-state index >= 15 is 0 Å². The van der Waals surface area contributed by atoms with Gasteiger partial charge in [-0.15, -0.1) is 0 Å². The van der Waals surface area contributed by atoms with Crippen molar-refractivity contribution in [3.05, 3.63) is 80.8 Å². The van der Waals surface area contributed by atoms with E-state index in [1.807, 2.05) is 15.5 Å². The van der Waals surface area contributed by atoms with Crippen molar-refractivity contribution in [2.24, 2.45) is 5.92 Å². The van der Waals surface area contributed by atoms with Crippen LogP contribution in [0.2, 0.25) is 0 Å². The molecule has 4 atom stereocenters. The molecule has 1 saturated heterocycles. The zero-order valence-electron chi connectivity index (χ0n) is 35.7. The molecule has 3 unspecified atom stereocenters. The minimum atomic E-state index is -1.00. The molecule has 6 rings (SSSR count). The molecule has 0 saturated carbocycles. The summed E-state index contributed by atoms with van der Waals surface area (Å²) in [6, 6.07) is 10.0. The number of phenols is 2. The smallest absolute Gasteiger partial charge is 0.342 e. The maximum absolute atomic E-state index is 13.8. The van der Waals surface area contributed by atoms with Gasteiger partial charge in [0.05, 0.1) is 27.4 Å². The van der Waals surface area contributed by atoms with Gasteiger partial charge < -0.3 is 43.9 Å². The van der Waals surface area contributed by atoms with E-state index in [0.29, 0.717) is 102 Å². The molecule has 1 aromatic heterocycles. The summed E-state index contributed by atoms with van der Waals surface area (Å²) in [5, 5.41) is 26.6. The van der Waals surface area contributed by atoms with Gasteiger partial charge >= 0.3 is 5.97 Å². The number of rotatable bonds is 13. The number of aromatic hydroxyl groups is 2. The number of fused-ring (bicyclic) bond motifs is 5. The number of hydrogen-bond acceptors (Lipinski definition) is 11. The Kier molecular flexibility index (Phi) is 15.2. The third-order valence-electron chi connectivity index (χ3n) is 12.1. The predicted molar refractivity (Wildman–Crippen MR) is 229 cm³/mol. The fourth-order valence-electron chi connectivity index (χ4n) is 9.03. The van der Waals surface area contributed by atoms with Crippen LogP contribution in [0.5, 0.6) is 28.7 Å². The fourth-order valence-corrected chi connectivity index (χ4v) is 9.03. The van der Waals surface area contributed by atoms with Gasteiger partial charge in [0.2, 0.25) is 17.6 Å². The van der Waals surface area contributed by atoms with E-state index < -0.39 is 23.7 Å². The van der Waals surface area contributed by atoms with Gasteiger partial charge in [0, 0.05) is 81.0 Å². The van der Waals surface area contributed by atoms with Crippen LogP contribution in [0.3, 0.4) is 0 Å². The number of pyridine rings is 1. The highest BCUT2D eigenvalue weighted by molar-refractivity contribution is 5.98. The summed E-state index contributed by atoms with van der Waals surface area (Å²) in [6.45, 7) is 3.95. The van der Waals surface area contributed by atoms with Gasteiger partial charge in [-0.05, 0) is 93.2 Å². The first-order valence-electron chi connectivity index (χ1n) is 21.4. The average Bonchev–Trinajstić information content (AvgIpc) is 3.23. The van der Waals surface area contributed by atoms with Gasteiger partial charge in [0.1, 0.15) is 22.8 Å². The number of esters is 1.